The Labute approximate surface area is 233 Å². The van der Waals surface area contributed by atoms with Gasteiger partial charge in [-0.1, -0.05) is 13.8 Å². The van der Waals surface area contributed by atoms with E-state index in [-0.39, 0.29) is 24.3 Å². The van der Waals surface area contributed by atoms with E-state index in [1.54, 1.807) is 24.3 Å². The minimum atomic E-state index is -1.00. The van der Waals surface area contributed by atoms with Crippen LogP contribution >= 0.6 is 0 Å². The predicted octanol–water partition coefficient (Wildman–Crippen LogP) is 2.80. The molecule has 0 aliphatic carbocycles. The van der Waals surface area contributed by atoms with Crippen LogP contribution in [-0.2, 0) is 28.5 Å². The number of pyridine rings is 2. The highest BCUT2D eigenvalue weighted by Gasteiger charge is 2.23. The molecule has 12 nitrogen and oxygen atoms in total. The van der Waals surface area contributed by atoms with Crippen LogP contribution in [0.3, 0.4) is 0 Å². The first-order valence-electron chi connectivity index (χ1n) is 13.4. The average molecular weight is 557 g/mol. The number of hydrogen-bond acceptors (Lipinski definition) is 12. The van der Waals surface area contributed by atoms with Crippen molar-refractivity contribution in [1.29, 1.82) is 0 Å². The number of ether oxygens (including phenoxy) is 4. The quantitative estimate of drug-likeness (QED) is 0.281. The summed E-state index contributed by atoms with van der Waals surface area (Å²) in [5.74, 6) is -1.03. The Morgan fingerprint density at radius 1 is 0.700 bits per heavy atom. The number of anilines is 2. The highest BCUT2D eigenvalue weighted by atomic mass is 16.6. The molecule has 12 heteroatoms. The lowest BCUT2D eigenvalue weighted by Crippen LogP contribution is -2.47. The van der Waals surface area contributed by atoms with Gasteiger partial charge in [-0.3, -0.25) is 0 Å². The topological polar surface area (TPSA) is 137 Å². The minimum absolute atomic E-state index is 0.243. The monoisotopic (exact) mass is 556 g/mol. The zero-order valence-electron chi connectivity index (χ0n) is 23.3. The largest absolute Gasteiger partial charge is 0.463 e. The number of nitrogens with zero attached hydrogens (tertiary/aromatic N) is 4. The molecule has 1 fully saturated rings. The summed E-state index contributed by atoms with van der Waals surface area (Å²) in [5, 5.41) is 0. The maximum atomic E-state index is 12.4. The van der Waals surface area contributed by atoms with Crippen LogP contribution in [0.1, 0.15) is 61.3 Å². The van der Waals surface area contributed by atoms with Crippen molar-refractivity contribution < 1.29 is 38.1 Å². The van der Waals surface area contributed by atoms with E-state index >= 15 is 0 Å². The van der Waals surface area contributed by atoms with Crippen LogP contribution in [0.2, 0.25) is 0 Å². The molecule has 2 aromatic rings. The Bertz CT molecular complexity index is 1060. The molecule has 1 aliphatic heterocycles. The van der Waals surface area contributed by atoms with Crippen molar-refractivity contribution in [2.75, 3.05) is 49.2 Å². The number of aromatic nitrogens is 2. The molecule has 2 aromatic heterocycles. The van der Waals surface area contributed by atoms with Crippen molar-refractivity contribution in [1.82, 2.24) is 9.97 Å². The van der Waals surface area contributed by atoms with Gasteiger partial charge in [0.05, 0.1) is 24.3 Å². The Morgan fingerprint density at radius 3 is 1.38 bits per heavy atom. The molecule has 216 valence electrons. The van der Waals surface area contributed by atoms with Gasteiger partial charge in [0.25, 0.3) is 0 Å². The summed E-state index contributed by atoms with van der Waals surface area (Å²) in [5.41, 5.74) is 0.486. The summed E-state index contributed by atoms with van der Waals surface area (Å²) in [6.07, 6.45) is 2.22. The van der Waals surface area contributed by atoms with Crippen LogP contribution in [0, 0.1) is 0 Å². The number of carbonyl (C=O) groups excluding carboxylic acids is 4. The normalized spacial score (nSPS) is 14.6. The van der Waals surface area contributed by atoms with Crippen LogP contribution in [0.4, 0.5) is 11.6 Å². The fourth-order valence-corrected chi connectivity index (χ4v) is 3.75. The Morgan fingerprint density at radius 2 is 1.07 bits per heavy atom. The molecule has 40 heavy (non-hydrogen) atoms. The van der Waals surface area contributed by atoms with E-state index in [1.165, 1.54) is 26.2 Å². The van der Waals surface area contributed by atoms with Crippen molar-refractivity contribution in [3.63, 3.8) is 0 Å². The maximum Gasteiger partial charge on any atom is 0.347 e. The van der Waals surface area contributed by atoms with Crippen LogP contribution in [-0.4, -0.2) is 85.4 Å². The number of rotatable bonds is 12. The molecule has 3 rings (SSSR count). The molecule has 0 spiro atoms. The van der Waals surface area contributed by atoms with E-state index in [4.69, 9.17) is 18.9 Å². The van der Waals surface area contributed by atoms with Crippen molar-refractivity contribution >= 4 is 35.5 Å². The van der Waals surface area contributed by atoms with Crippen molar-refractivity contribution in [2.24, 2.45) is 0 Å². The van der Waals surface area contributed by atoms with E-state index < -0.39 is 36.1 Å². The van der Waals surface area contributed by atoms with E-state index in [0.717, 1.165) is 0 Å². The summed E-state index contributed by atoms with van der Waals surface area (Å²) in [6, 6.07) is 6.71. The van der Waals surface area contributed by atoms with Gasteiger partial charge in [0, 0.05) is 38.6 Å². The smallest absolute Gasteiger partial charge is 0.347 e. The second kappa shape index (κ2) is 14.8. The molecule has 0 N–H and O–H groups in total. The summed E-state index contributed by atoms with van der Waals surface area (Å²) in [6.45, 7) is 9.92. The molecule has 0 bridgehead atoms. The van der Waals surface area contributed by atoms with Gasteiger partial charge in [-0.2, -0.15) is 0 Å². The summed E-state index contributed by atoms with van der Waals surface area (Å²) in [7, 11) is 0. The van der Waals surface area contributed by atoms with Gasteiger partial charge in [0.1, 0.15) is 11.6 Å². The van der Waals surface area contributed by atoms with Crippen LogP contribution < -0.4 is 9.80 Å². The Hall–Kier alpha value is -4.22. The standard InChI is InChI=1S/C28H36N4O8/c1-5-15-37-25(33)19(3)39-27(35)21-7-9-23(29-17-21)31-11-13-32(14-12-31)24-10-8-22(18-30-24)28(36)40-20(4)26(34)38-16-6-2/h7-10,17-20H,5-6,11-16H2,1-4H3/t19-,20-/m1/s1. The molecule has 0 unspecified atom stereocenters. The number of carbonyl (C=O) groups is 4. The average Bonchev–Trinajstić information content (AvgIpc) is 2.98. The predicted molar refractivity (Wildman–Crippen MR) is 145 cm³/mol. The molecule has 0 radical (unpaired) electrons. The second-order valence-electron chi connectivity index (χ2n) is 9.21. The fourth-order valence-electron chi connectivity index (χ4n) is 3.75. The lowest BCUT2D eigenvalue weighted by molar-refractivity contribution is -0.153. The van der Waals surface area contributed by atoms with E-state index in [9.17, 15) is 19.2 Å². The Balaban J connectivity index is 1.48. The van der Waals surface area contributed by atoms with Gasteiger partial charge in [-0.25, -0.2) is 29.1 Å². The van der Waals surface area contributed by atoms with E-state index in [0.29, 0.717) is 50.7 Å². The molecular formula is C28H36N4O8. The zero-order chi connectivity index (χ0) is 29.1. The number of piperazine rings is 1. The first-order valence-corrected chi connectivity index (χ1v) is 13.4. The van der Waals surface area contributed by atoms with Crippen LogP contribution in [0.15, 0.2) is 36.7 Å². The highest BCUT2D eigenvalue weighted by Crippen LogP contribution is 2.19. The van der Waals surface area contributed by atoms with Gasteiger partial charge in [0.2, 0.25) is 0 Å². The van der Waals surface area contributed by atoms with Crippen molar-refractivity contribution in [2.45, 2.75) is 52.7 Å². The Kier molecular flexibility index (Phi) is 11.2. The van der Waals surface area contributed by atoms with Crippen LogP contribution in [0.25, 0.3) is 0 Å². The van der Waals surface area contributed by atoms with Gasteiger partial charge in [-0.15, -0.1) is 0 Å². The lowest BCUT2D eigenvalue weighted by atomic mass is 10.2. The molecule has 1 aliphatic rings. The molecule has 1 saturated heterocycles. The number of esters is 4. The van der Waals surface area contributed by atoms with Gasteiger partial charge in [0.15, 0.2) is 12.2 Å². The van der Waals surface area contributed by atoms with E-state index in [2.05, 4.69) is 19.8 Å². The van der Waals surface area contributed by atoms with Gasteiger partial charge in [-0.05, 0) is 51.0 Å². The maximum absolute atomic E-state index is 12.4. The minimum Gasteiger partial charge on any atom is -0.463 e. The molecular weight excluding hydrogens is 520 g/mol. The highest BCUT2D eigenvalue weighted by molar-refractivity contribution is 5.92. The SMILES string of the molecule is CCCOC(=O)[C@@H](C)OC(=O)c1ccc(N2CCN(c3ccc(C(=O)O[C@H](C)C(=O)OCCC)cn3)CC2)nc1. The number of hydrogen-bond donors (Lipinski definition) is 0. The van der Waals surface area contributed by atoms with Crippen molar-refractivity contribution in [3.05, 3.63) is 47.8 Å². The van der Waals surface area contributed by atoms with Gasteiger partial charge >= 0.3 is 23.9 Å². The zero-order valence-corrected chi connectivity index (χ0v) is 23.3. The molecule has 0 aromatic carbocycles. The summed E-state index contributed by atoms with van der Waals surface area (Å²) < 4.78 is 20.3. The summed E-state index contributed by atoms with van der Waals surface area (Å²) in [4.78, 5) is 61.3. The lowest BCUT2D eigenvalue weighted by Gasteiger charge is -2.36. The van der Waals surface area contributed by atoms with Crippen LogP contribution in [0.5, 0.6) is 0 Å². The van der Waals surface area contributed by atoms with E-state index in [1.807, 2.05) is 13.8 Å². The first kappa shape index (κ1) is 30.3. The summed E-state index contributed by atoms with van der Waals surface area (Å²) >= 11 is 0. The third-order valence-electron chi connectivity index (χ3n) is 6.02. The molecule has 2 atom stereocenters. The molecule has 0 saturated carbocycles. The fraction of sp³-hybridized carbons (Fsp3) is 0.500. The van der Waals surface area contributed by atoms with Gasteiger partial charge < -0.3 is 28.7 Å². The first-order chi connectivity index (χ1) is 19.2. The molecule has 3 heterocycles. The van der Waals surface area contributed by atoms with Crippen molar-refractivity contribution in [3.8, 4) is 0 Å². The molecule has 0 amide bonds. The second-order valence-corrected chi connectivity index (χ2v) is 9.21. The third-order valence-corrected chi connectivity index (χ3v) is 6.02. The third kappa shape index (κ3) is 8.39.